The van der Waals surface area contributed by atoms with E-state index in [0.29, 0.717) is 6.92 Å². The quantitative estimate of drug-likeness (QED) is 0.807. The number of rotatable bonds is 5. The lowest BCUT2D eigenvalue weighted by Crippen LogP contribution is -2.39. The third-order valence-corrected chi connectivity index (χ3v) is 6.31. The average molecular weight is 412 g/mol. The maximum absolute atomic E-state index is 13.1. The summed E-state index contributed by atoms with van der Waals surface area (Å²) < 4.78 is 66.3. The molecule has 2 aromatic rings. The van der Waals surface area contributed by atoms with Crippen LogP contribution in [-0.2, 0) is 15.6 Å². The van der Waals surface area contributed by atoms with Crippen LogP contribution in [-0.4, -0.2) is 25.7 Å². The molecule has 0 bridgehead atoms. The Bertz CT molecular complexity index is 992. The Morgan fingerprint density at radius 2 is 1.61 bits per heavy atom. The van der Waals surface area contributed by atoms with E-state index in [1.165, 1.54) is 36.4 Å². The van der Waals surface area contributed by atoms with E-state index in [-0.39, 0.29) is 16.1 Å². The summed E-state index contributed by atoms with van der Waals surface area (Å²) in [5.41, 5.74) is -3.41. The van der Waals surface area contributed by atoms with Crippen LogP contribution in [0, 0.1) is 11.3 Å². The summed E-state index contributed by atoms with van der Waals surface area (Å²) in [5, 5.41) is 19.0. The monoisotopic (exact) mass is 412 g/mol. The fraction of sp³-hybridized carbons (Fsp3) is 0.316. The molecule has 0 saturated heterocycles. The van der Waals surface area contributed by atoms with Gasteiger partial charge in [-0.1, -0.05) is 24.3 Å². The molecule has 2 aromatic carbocycles. The number of nitrogens with zero attached hydrogens (tertiary/aromatic N) is 2. The molecule has 1 atom stereocenters. The van der Waals surface area contributed by atoms with Crippen molar-refractivity contribution in [1.29, 1.82) is 5.26 Å². The summed E-state index contributed by atoms with van der Waals surface area (Å²) in [6.45, 7) is 3.83. The molecule has 0 radical (unpaired) electrons. The van der Waals surface area contributed by atoms with Crippen molar-refractivity contribution in [2.45, 2.75) is 43.5 Å². The zero-order valence-electron chi connectivity index (χ0n) is 15.4. The van der Waals surface area contributed by atoms with Crippen LogP contribution in [0.1, 0.15) is 31.9 Å². The SMILES string of the molecule is CC(C)N(c1ccc(C(C)(O)C(F)(F)F)cc1)S(=O)(=O)c1ccccc1C#N. The van der Waals surface area contributed by atoms with Crippen LogP contribution in [0.3, 0.4) is 0 Å². The topological polar surface area (TPSA) is 81.4 Å². The van der Waals surface area contributed by atoms with Gasteiger partial charge >= 0.3 is 6.18 Å². The van der Waals surface area contributed by atoms with Crippen LogP contribution in [0.15, 0.2) is 53.4 Å². The van der Waals surface area contributed by atoms with E-state index >= 15 is 0 Å². The largest absolute Gasteiger partial charge is 0.421 e. The molecule has 5 nitrogen and oxygen atoms in total. The highest BCUT2D eigenvalue weighted by molar-refractivity contribution is 7.93. The number of sulfonamides is 1. The van der Waals surface area contributed by atoms with Crippen LogP contribution >= 0.6 is 0 Å². The molecular formula is C19H19F3N2O3S. The number of alkyl halides is 3. The molecular weight excluding hydrogens is 393 g/mol. The molecule has 0 aliphatic heterocycles. The highest BCUT2D eigenvalue weighted by Crippen LogP contribution is 2.39. The highest BCUT2D eigenvalue weighted by Gasteiger charge is 2.51. The van der Waals surface area contributed by atoms with Crippen molar-refractivity contribution in [1.82, 2.24) is 0 Å². The van der Waals surface area contributed by atoms with E-state index < -0.39 is 33.4 Å². The molecule has 2 rings (SSSR count). The Labute approximate surface area is 161 Å². The molecule has 0 heterocycles. The molecule has 0 spiro atoms. The molecule has 1 unspecified atom stereocenters. The second-order valence-corrected chi connectivity index (χ2v) is 8.40. The average Bonchev–Trinajstić information content (AvgIpc) is 2.60. The van der Waals surface area contributed by atoms with Crippen LogP contribution in [0.4, 0.5) is 18.9 Å². The summed E-state index contributed by atoms with van der Waals surface area (Å²) in [6.07, 6.45) is -4.88. The van der Waals surface area contributed by atoms with Crippen LogP contribution in [0.2, 0.25) is 0 Å². The Balaban J connectivity index is 2.55. The maximum atomic E-state index is 13.1. The predicted octanol–water partition coefficient (Wildman–Crippen LogP) is 3.93. The van der Waals surface area contributed by atoms with E-state index in [1.54, 1.807) is 13.8 Å². The number of hydrogen-bond donors (Lipinski definition) is 1. The summed E-state index contributed by atoms with van der Waals surface area (Å²) in [4.78, 5) is -0.197. The molecule has 9 heteroatoms. The first-order chi connectivity index (χ1) is 12.8. The van der Waals surface area contributed by atoms with Gasteiger partial charge in [-0.3, -0.25) is 4.31 Å². The first kappa shape index (κ1) is 21.7. The van der Waals surface area contributed by atoms with Crippen molar-refractivity contribution in [3.63, 3.8) is 0 Å². The van der Waals surface area contributed by atoms with Crippen LogP contribution < -0.4 is 4.31 Å². The van der Waals surface area contributed by atoms with E-state index in [2.05, 4.69) is 0 Å². The third-order valence-electron chi connectivity index (χ3n) is 4.25. The zero-order valence-corrected chi connectivity index (χ0v) is 16.2. The number of halogens is 3. The van der Waals surface area contributed by atoms with Gasteiger partial charge in [-0.15, -0.1) is 0 Å². The first-order valence-electron chi connectivity index (χ1n) is 8.27. The van der Waals surface area contributed by atoms with E-state index in [1.807, 2.05) is 6.07 Å². The molecule has 0 aliphatic rings. The first-order valence-corrected chi connectivity index (χ1v) is 9.71. The molecule has 0 fully saturated rings. The van der Waals surface area contributed by atoms with Crippen LogP contribution in [0.5, 0.6) is 0 Å². The van der Waals surface area contributed by atoms with Crippen molar-refractivity contribution >= 4 is 15.7 Å². The van der Waals surface area contributed by atoms with Crippen molar-refractivity contribution < 1.29 is 26.7 Å². The van der Waals surface area contributed by atoms with Crippen molar-refractivity contribution in [3.8, 4) is 6.07 Å². The molecule has 0 amide bonds. The molecule has 1 N–H and O–H groups in total. The smallest absolute Gasteiger partial charge is 0.376 e. The number of hydrogen-bond acceptors (Lipinski definition) is 4. The minimum atomic E-state index is -4.88. The van der Waals surface area contributed by atoms with Gasteiger partial charge in [0.1, 0.15) is 11.0 Å². The van der Waals surface area contributed by atoms with Gasteiger partial charge in [-0.2, -0.15) is 18.4 Å². The van der Waals surface area contributed by atoms with Crippen molar-refractivity contribution in [3.05, 3.63) is 59.7 Å². The minimum absolute atomic E-state index is 0.0372. The molecule has 0 aromatic heterocycles. The summed E-state index contributed by atoms with van der Waals surface area (Å²) in [6, 6.07) is 11.4. The lowest BCUT2D eigenvalue weighted by Gasteiger charge is -2.30. The summed E-state index contributed by atoms with van der Waals surface area (Å²) in [5.74, 6) is 0. The van der Waals surface area contributed by atoms with Gasteiger partial charge in [0.15, 0.2) is 5.60 Å². The molecule has 0 aliphatic carbocycles. The van der Waals surface area contributed by atoms with Crippen molar-refractivity contribution in [2.75, 3.05) is 4.31 Å². The van der Waals surface area contributed by atoms with Gasteiger partial charge in [-0.25, -0.2) is 8.42 Å². The standard InChI is InChI=1S/C19H19F3N2O3S/c1-13(2)24(28(26,27)17-7-5-4-6-14(17)12-23)16-10-8-15(9-11-16)18(3,25)19(20,21)22/h4-11,13,25H,1-3H3. The van der Waals surface area contributed by atoms with E-state index in [9.17, 15) is 32.0 Å². The highest BCUT2D eigenvalue weighted by atomic mass is 32.2. The summed E-state index contributed by atoms with van der Waals surface area (Å²) in [7, 11) is -4.15. The lowest BCUT2D eigenvalue weighted by molar-refractivity contribution is -0.258. The molecule has 150 valence electrons. The Morgan fingerprint density at radius 3 is 2.07 bits per heavy atom. The third kappa shape index (κ3) is 3.84. The Morgan fingerprint density at radius 1 is 1.07 bits per heavy atom. The zero-order chi connectivity index (χ0) is 21.3. The second-order valence-electron chi connectivity index (χ2n) is 6.62. The van der Waals surface area contributed by atoms with E-state index in [4.69, 9.17) is 0 Å². The van der Waals surface area contributed by atoms with Gasteiger partial charge in [-0.05, 0) is 50.6 Å². The van der Waals surface area contributed by atoms with Gasteiger partial charge in [0.2, 0.25) is 0 Å². The predicted molar refractivity (Wildman–Crippen MR) is 98.0 cm³/mol. The van der Waals surface area contributed by atoms with Gasteiger partial charge in [0.25, 0.3) is 10.0 Å². The van der Waals surface area contributed by atoms with Crippen LogP contribution in [0.25, 0.3) is 0 Å². The molecule has 0 saturated carbocycles. The van der Waals surface area contributed by atoms with Gasteiger partial charge < -0.3 is 5.11 Å². The number of anilines is 1. The fourth-order valence-electron chi connectivity index (χ4n) is 2.70. The Hall–Kier alpha value is -2.57. The van der Waals surface area contributed by atoms with E-state index in [0.717, 1.165) is 16.4 Å². The lowest BCUT2D eigenvalue weighted by atomic mass is 9.95. The normalized spacial score (nSPS) is 14.4. The van der Waals surface area contributed by atoms with Gasteiger partial charge in [0, 0.05) is 6.04 Å². The minimum Gasteiger partial charge on any atom is -0.376 e. The summed E-state index contributed by atoms with van der Waals surface area (Å²) >= 11 is 0. The second kappa shape index (κ2) is 7.45. The van der Waals surface area contributed by atoms with Crippen molar-refractivity contribution in [2.24, 2.45) is 0 Å². The number of benzene rings is 2. The molecule has 28 heavy (non-hydrogen) atoms. The maximum Gasteiger partial charge on any atom is 0.421 e. The number of nitriles is 1. The van der Waals surface area contributed by atoms with Gasteiger partial charge in [0.05, 0.1) is 11.3 Å². The Kier molecular flexibility index (Phi) is 5.78. The fourth-order valence-corrected chi connectivity index (χ4v) is 4.51. The number of aliphatic hydroxyl groups is 1.